The number of nitrogens with one attached hydrogen (secondary N) is 2. The molecule has 6 heteroatoms. The van der Waals surface area contributed by atoms with Gasteiger partial charge in [0.05, 0.1) is 12.7 Å². The normalized spacial score (nSPS) is 25.0. The number of aliphatic hydroxyl groups excluding tert-OH is 2. The molecule has 0 aromatic carbocycles. The largest absolute Gasteiger partial charge is 0.394 e. The van der Waals surface area contributed by atoms with E-state index >= 15 is 0 Å². The molecular weight excluding hydrogens is 164 g/mol. The van der Waals surface area contributed by atoms with Gasteiger partial charge in [-0.15, -0.1) is 0 Å². The highest BCUT2D eigenvalue weighted by Gasteiger charge is 2.30. The van der Waals surface area contributed by atoms with E-state index in [2.05, 4.69) is 5.32 Å². The quantitative estimate of drug-likeness (QED) is 0.370. The third kappa shape index (κ3) is 1.93. The molecular formula is C6H10N2O4. The van der Waals surface area contributed by atoms with Crippen LogP contribution in [0, 0.1) is 0 Å². The fourth-order valence-electron chi connectivity index (χ4n) is 0.971. The number of carbonyl (C=O) groups is 2. The third-order valence-electron chi connectivity index (χ3n) is 1.58. The highest BCUT2D eigenvalue weighted by Crippen LogP contribution is 2.02. The summed E-state index contributed by atoms with van der Waals surface area (Å²) >= 11 is 0. The Kier molecular flexibility index (Phi) is 2.61. The molecule has 0 aromatic rings. The Balaban J connectivity index is 2.43. The SMILES string of the molecule is O=C1NC(=O)[C@H](C[C@H](O)CO)N1. The summed E-state index contributed by atoms with van der Waals surface area (Å²) in [5.41, 5.74) is 0. The van der Waals surface area contributed by atoms with Gasteiger partial charge in [0, 0.05) is 6.42 Å². The van der Waals surface area contributed by atoms with Gasteiger partial charge in [-0.2, -0.15) is 0 Å². The zero-order chi connectivity index (χ0) is 9.14. The van der Waals surface area contributed by atoms with Crippen molar-refractivity contribution in [3.63, 3.8) is 0 Å². The molecule has 1 fully saturated rings. The summed E-state index contributed by atoms with van der Waals surface area (Å²) in [6.07, 6.45) is -0.937. The van der Waals surface area contributed by atoms with Gasteiger partial charge in [-0.25, -0.2) is 4.79 Å². The van der Waals surface area contributed by atoms with Crippen LogP contribution < -0.4 is 10.6 Å². The average molecular weight is 174 g/mol. The minimum Gasteiger partial charge on any atom is -0.394 e. The molecule has 1 rings (SSSR count). The van der Waals surface area contributed by atoms with Crippen molar-refractivity contribution in [3.8, 4) is 0 Å². The van der Waals surface area contributed by atoms with E-state index in [4.69, 9.17) is 10.2 Å². The fourth-order valence-corrected chi connectivity index (χ4v) is 0.971. The van der Waals surface area contributed by atoms with Crippen molar-refractivity contribution in [2.75, 3.05) is 6.61 Å². The van der Waals surface area contributed by atoms with Crippen LogP contribution in [-0.4, -0.2) is 40.9 Å². The Hall–Kier alpha value is -1.14. The number of carbonyl (C=O) groups excluding carboxylic acids is 2. The molecule has 0 radical (unpaired) electrons. The second-order valence-corrected chi connectivity index (χ2v) is 2.59. The molecule has 0 aliphatic carbocycles. The van der Waals surface area contributed by atoms with Gasteiger partial charge in [0.25, 0.3) is 5.91 Å². The van der Waals surface area contributed by atoms with Crippen molar-refractivity contribution in [2.24, 2.45) is 0 Å². The Morgan fingerprint density at radius 3 is 2.58 bits per heavy atom. The maximum absolute atomic E-state index is 10.8. The lowest BCUT2D eigenvalue weighted by molar-refractivity contribution is -0.120. The smallest absolute Gasteiger partial charge is 0.322 e. The van der Waals surface area contributed by atoms with Gasteiger partial charge < -0.3 is 15.5 Å². The maximum atomic E-state index is 10.8. The first kappa shape index (κ1) is 8.95. The predicted molar refractivity (Wildman–Crippen MR) is 38.2 cm³/mol. The van der Waals surface area contributed by atoms with Crippen LogP contribution in [-0.2, 0) is 4.79 Å². The summed E-state index contributed by atoms with van der Waals surface area (Å²) in [6, 6.07) is -1.28. The molecule has 0 aromatic heterocycles. The molecule has 68 valence electrons. The van der Waals surface area contributed by atoms with E-state index in [0.29, 0.717) is 0 Å². The summed E-state index contributed by atoms with van der Waals surface area (Å²) in [4.78, 5) is 21.4. The Morgan fingerprint density at radius 2 is 2.17 bits per heavy atom. The lowest BCUT2D eigenvalue weighted by Crippen LogP contribution is -2.34. The minimum atomic E-state index is -0.973. The predicted octanol–water partition coefficient (Wildman–Crippen LogP) is -2.06. The summed E-state index contributed by atoms with van der Waals surface area (Å²) < 4.78 is 0. The van der Waals surface area contributed by atoms with Gasteiger partial charge in [0.1, 0.15) is 6.04 Å². The number of hydrogen-bond acceptors (Lipinski definition) is 4. The Morgan fingerprint density at radius 1 is 1.50 bits per heavy atom. The van der Waals surface area contributed by atoms with Crippen molar-refractivity contribution in [1.82, 2.24) is 10.6 Å². The molecule has 1 aliphatic heterocycles. The second-order valence-electron chi connectivity index (χ2n) is 2.59. The molecule has 0 spiro atoms. The van der Waals surface area contributed by atoms with Gasteiger partial charge in [-0.05, 0) is 0 Å². The molecule has 0 saturated carbocycles. The second kappa shape index (κ2) is 3.51. The number of rotatable bonds is 3. The number of aliphatic hydroxyl groups is 2. The van der Waals surface area contributed by atoms with Crippen molar-refractivity contribution in [3.05, 3.63) is 0 Å². The van der Waals surface area contributed by atoms with Crippen LogP contribution in [0.4, 0.5) is 4.79 Å². The van der Waals surface area contributed by atoms with Crippen LogP contribution in [0.25, 0.3) is 0 Å². The molecule has 6 nitrogen and oxygen atoms in total. The lowest BCUT2D eigenvalue weighted by Gasteiger charge is -2.10. The number of urea groups is 1. The van der Waals surface area contributed by atoms with Gasteiger partial charge in [-0.3, -0.25) is 10.1 Å². The van der Waals surface area contributed by atoms with Gasteiger partial charge in [0.2, 0.25) is 0 Å². The van der Waals surface area contributed by atoms with Crippen LogP contribution >= 0.6 is 0 Å². The van der Waals surface area contributed by atoms with Gasteiger partial charge in [0.15, 0.2) is 0 Å². The van der Waals surface area contributed by atoms with Gasteiger partial charge in [-0.1, -0.05) is 0 Å². The van der Waals surface area contributed by atoms with Crippen molar-refractivity contribution in [1.29, 1.82) is 0 Å². The zero-order valence-electron chi connectivity index (χ0n) is 6.28. The summed E-state index contributed by atoms with van der Waals surface area (Å²) in [5, 5.41) is 21.7. The first-order valence-corrected chi connectivity index (χ1v) is 3.53. The van der Waals surface area contributed by atoms with Crippen LogP contribution in [0.3, 0.4) is 0 Å². The molecule has 2 atom stereocenters. The van der Waals surface area contributed by atoms with E-state index in [0.717, 1.165) is 0 Å². The van der Waals surface area contributed by atoms with E-state index in [1.807, 2.05) is 5.32 Å². The molecule has 0 bridgehead atoms. The highest BCUT2D eigenvalue weighted by atomic mass is 16.3. The molecule has 4 N–H and O–H groups in total. The Labute approximate surface area is 68.6 Å². The molecule has 1 aliphatic rings. The molecule has 1 heterocycles. The van der Waals surface area contributed by atoms with E-state index in [1.165, 1.54) is 0 Å². The first-order chi connectivity index (χ1) is 5.63. The monoisotopic (exact) mass is 174 g/mol. The standard InChI is InChI=1S/C6H10N2O4/c9-2-3(10)1-4-5(11)8-6(12)7-4/h3-4,9-10H,1-2H2,(H2,7,8,11,12)/t3-,4-/m0/s1. The summed E-state index contributed by atoms with van der Waals surface area (Å²) in [5.74, 6) is -0.465. The van der Waals surface area contributed by atoms with Gasteiger partial charge >= 0.3 is 6.03 Å². The Bertz CT molecular complexity index is 206. The van der Waals surface area contributed by atoms with Crippen molar-refractivity contribution >= 4 is 11.9 Å². The van der Waals surface area contributed by atoms with E-state index in [9.17, 15) is 9.59 Å². The fraction of sp³-hybridized carbons (Fsp3) is 0.667. The molecule has 12 heavy (non-hydrogen) atoms. The lowest BCUT2D eigenvalue weighted by atomic mass is 10.1. The molecule has 3 amide bonds. The average Bonchev–Trinajstić information content (AvgIpc) is 2.30. The van der Waals surface area contributed by atoms with Crippen molar-refractivity contribution in [2.45, 2.75) is 18.6 Å². The molecule has 1 saturated heterocycles. The zero-order valence-corrected chi connectivity index (χ0v) is 6.28. The summed E-state index contributed by atoms with van der Waals surface area (Å²) in [7, 11) is 0. The summed E-state index contributed by atoms with van der Waals surface area (Å²) in [6.45, 7) is -0.417. The topological polar surface area (TPSA) is 98.7 Å². The van der Waals surface area contributed by atoms with Crippen LogP contribution in [0.2, 0.25) is 0 Å². The molecule has 0 unspecified atom stereocenters. The van der Waals surface area contributed by atoms with Crippen molar-refractivity contribution < 1.29 is 19.8 Å². The number of amides is 3. The van der Waals surface area contributed by atoms with E-state index in [1.54, 1.807) is 0 Å². The minimum absolute atomic E-state index is 0.0358. The number of hydrogen-bond donors (Lipinski definition) is 4. The maximum Gasteiger partial charge on any atom is 0.322 e. The third-order valence-corrected chi connectivity index (χ3v) is 1.58. The van der Waals surface area contributed by atoms with Crippen LogP contribution in [0.5, 0.6) is 0 Å². The first-order valence-electron chi connectivity index (χ1n) is 3.53. The van der Waals surface area contributed by atoms with Crippen LogP contribution in [0.15, 0.2) is 0 Å². The number of imide groups is 1. The highest BCUT2D eigenvalue weighted by molar-refractivity contribution is 6.04. The van der Waals surface area contributed by atoms with Crippen LogP contribution in [0.1, 0.15) is 6.42 Å². The van der Waals surface area contributed by atoms with E-state index in [-0.39, 0.29) is 6.42 Å². The van der Waals surface area contributed by atoms with E-state index < -0.39 is 30.7 Å².